The van der Waals surface area contributed by atoms with Gasteiger partial charge in [0.15, 0.2) is 11.2 Å². The van der Waals surface area contributed by atoms with Crippen LogP contribution < -0.4 is 20.9 Å². The molecule has 0 aliphatic rings. The Morgan fingerprint density at radius 2 is 1.89 bits per heavy atom. The Hall–Kier alpha value is -2.78. The topological polar surface area (TPSA) is 94.5 Å². The molecule has 1 atom stereocenters. The molecule has 150 valence electrons. The van der Waals surface area contributed by atoms with Crippen LogP contribution in [0.2, 0.25) is 5.02 Å². The van der Waals surface area contributed by atoms with Crippen LogP contribution in [0.25, 0.3) is 11.2 Å². The van der Waals surface area contributed by atoms with E-state index in [1.165, 1.54) is 11.6 Å². The summed E-state index contributed by atoms with van der Waals surface area (Å²) in [6.07, 6.45) is -0.936. The molecule has 1 unspecified atom stereocenters. The summed E-state index contributed by atoms with van der Waals surface area (Å²) in [5, 5.41) is 11.0. The van der Waals surface area contributed by atoms with Gasteiger partial charge < -0.3 is 19.3 Å². The Morgan fingerprint density at radius 3 is 2.54 bits per heavy atom. The van der Waals surface area contributed by atoms with E-state index in [4.69, 9.17) is 16.3 Å². The summed E-state index contributed by atoms with van der Waals surface area (Å²) >= 11 is 6.06. The molecule has 10 heteroatoms. The van der Waals surface area contributed by atoms with Crippen molar-refractivity contribution in [2.24, 2.45) is 14.1 Å². The molecular weight excluding hydrogens is 386 g/mol. The van der Waals surface area contributed by atoms with E-state index in [9.17, 15) is 14.7 Å². The van der Waals surface area contributed by atoms with Crippen LogP contribution in [0.5, 0.6) is 5.75 Å². The summed E-state index contributed by atoms with van der Waals surface area (Å²) in [7, 11) is 6.51. The molecule has 0 radical (unpaired) electrons. The standard InChI is InChI=1S/C18H22ClN5O4/c1-21(2)17-20-15-14(16(26)23(4)18(27)22(15)3)24(17)9-11(25)10-28-13-8-6-5-7-12(13)19/h5-8,11,25H,9-10H2,1-4H3. The SMILES string of the molecule is CN(C)c1nc2c(c(=O)n(C)c(=O)n2C)n1CC(O)COc1ccccc1Cl. The zero-order chi connectivity index (χ0) is 20.6. The zero-order valence-corrected chi connectivity index (χ0v) is 16.8. The molecule has 0 bridgehead atoms. The predicted octanol–water partition coefficient (Wildman–Crippen LogP) is 0.593. The number of aryl methyl sites for hydroxylation is 1. The minimum absolute atomic E-state index is 0.0254. The normalized spacial score (nSPS) is 12.4. The molecule has 2 heterocycles. The Morgan fingerprint density at radius 1 is 1.21 bits per heavy atom. The molecule has 0 spiro atoms. The first kappa shape index (κ1) is 20.0. The van der Waals surface area contributed by atoms with Gasteiger partial charge in [0.25, 0.3) is 5.56 Å². The lowest BCUT2D eigenvalue weighted by Gasteiger charge is -2.18. The highest BCUT2D eigenvalue weighted by Gasteiger charge is 2.22. The minimum Gasteiger partial charge on any atom is -0.489 e. The number of nitrogens with zero attached hydrogens (tertiary/aromatic N) is 5. The molecule has 0 saturated carbocycles. The van der Waals surface area contributed by atoms with Crippen LogP contribution in [-0.4, -0.2) is 50.6 Å². The molecule has 2 aromatic heterocycles. The molecule has 0 aliphatic heterocycles. The van der Waals surface area contributed by atoms with E-state index in [0.717, 1.165) is 4.57 Å². The average molecular weight is 408 g/mol. The molecule has 28 heavy (non-hydrogen) atoms. The second kappa shape index (κ2) is 7.69. The van der Waals surface area contributed by atoms with Crippen molar-refractivity contribution in [3.63, 3.8) is 0 Å². The van der Waals surface area contributed by atoms with Crippen LogP contribution in [-0.2, 0) is 20.6 Å². The van der Waals surface area contributed by atoms with Crippen LogP contribution in [0.1, 0.15) is 0 Å². The van der Waals surface area contributed by atoms with Crippen molar-refractivity contribution in [2.75, 3.05) is 25.6 Å². The molecule has 1 aromatic carbocycles. The Balaban J connectivity index is 1.97. The summed E-state index contributed by atoms with van der Waals surface area (Å²) in [5.74, 6) is 0.912. The fourth-order valence-corrected chi connectivity index (χ4v) is 3.15. The maximum atomic E-state index is 12.7. The lowest BCUT2D eigenvalue weighted by Crippen LogP contribution is -2.38. The van der Waals surface area contributed by atoms with Crippen LogP contribution in [0, 0.1) is 0 Å². The van der Waals surface area contributed by atoms with E-state index in [-0.39, 0.29) is 24.3 Å². The largest absolute Gasteiger partial charge is 0.489 e. The predicted molar refractivity (Wildman–Crippen MR) is 107 cm³/mol. The summed E-state index contributed by atoms with van der Waals surface area (Å²) in [6.45, 7) is 0.0320. The monoisotopic (exact) mass is 407 g/mol. The number of imidazole rings is 1. The van der Waals surface area contributed by atoms with Gasteiger partial charge in [0.05, 0.1) is 11.6 Å². The smallest absolute Gasteiger partial charge is 0.332 e. The first-order chi connectivity index (χ1) is 13.2. The first-order valence-corrected chi connectivity index (χ1v) is 8.99. The van der Waals surface area contributed by atoms with Crippen molar-refractivity contribution in [3.8, 4) is 5.75 Å². The average Bonchev–Trinajstić information content (AvgIpc) is 3.03. The number of aliphatic hydroxyl groups is 1. The third-order valence-corrected chi connectivity index (χ3v) is 4.70. The molecule has 0 fully saturated rings. The van der Waals surface area contributed by atoms with Crippen LogP contribution >= 0.6 is 11.6 Å². The summed E-state index contributed by atoms with van der Waals surface area (Å²) < 4.78 is 9.52. The van der Waals surface area contributed by atoms with Gasteiger partial charge in [-0.15, -0.1) is 0 Å². The number of halogens is 1. The number of hydrogen-bond donors (Lipinski definition) is 1. The summed E-state index contributed by atoms with van der Waals surface area (Å²) in [6, 6.07) is 6.97. The van der Waals surface area contributed by atoms with Gasteiger partial charge in [-0.25, -0.2) is 4.79 Å². The maximum absolute atomic E-state index is 12.7. The van der Waals surface area contributed by atoms with Gasteiger partial charge in [-0.1, -0.05) is 23.7 Å². The number of fused-ring (bicyclic) bond motifs is 1. The van der Waals surface area contributed by atoms with Gasteiger partial charge in [0, 0.05) is 28.2 Å². The number of ether oxygens (including phenoxy) is 1. The molecule has 3 rings (SSSR count). The Kier molecular flexibility index (Phi) is 5.48. The second-order valence-corrected chi connectivity index (χ2v) is 7.10. The number of para-hydroxylation sites is 1. The number of aliphatic hydroxyl groups excluding tert-OH is 1. The fourth-order valence-electron chi connectivity index (χ4n) is 2.96. The number of anilines is 1. The van der Waals surface area contributed by atoms with Gasteiger partial charge in [-0.05, 0) is 12.1 Å². The van der Waals surface area contributed by atoms with Gasteiger partial charge in [-0.3, -0.25) is 13.9 Å². The molecule has 0 amide bonds. The van der Waals surface area contributed by atoms with Crippen molar-refractivity contribution in [2.45, 2.75) is 12.6 Å². The maximum Gasteiger partial charge on any atom is 0.332 e. The van der Waals surface area contributed by atoms with E-state index in [1.54, 1.807) is 54.9 Å². The second-order valence-electron chi connectivity index (χ2n) is 6.69. The number of rotatable bonds is 6. The summed E-state index contributed by atoms with van der Waals surface area (Å²) in [4.78, 5) is 31.0. The summed E-state index contributed by atoms with van der Waals surface area (Å²) in [5.41, 5.74) is -0.436. The minimum atomic E-state index is -0.936. The van der Waals surface area contributed by atoms with Crippen molar-refractivity contribution in [1.29, 1.82) is 0 Å². The van der Waals surface area contributed by atoms with E-state index < -0.39 is 17.4 Å². The molecule has 1 N–H and O–H groups in total. The molecule has 9 nitrogen and oxygen atoms in total. The van der Waals surface area contributed by atoms with Gasteiger partial charge in [0.1, 0.15) is 18.5 Å². The van der Waals surface area contributed by atoms with Gasteiger partial charge in [0.2, 0.25) is 5.95 Å². The first-order valence-electron chi connectivity index (χ1n) is 8.61. The van der Waals surface area contributed by atoms with E-state index in [1.807, 2.05) is 0 Å². The van der Waals surface area contributed by atoms with Crippen molar-refractivity contribution < 1.29 is 9.84 Å². The Labute approximate surface area is 166 Å². The van der Waals surface area contributed by atoms with E-state index in [2.05, 4.69) is 4.98 Å². The highest BCUT2D eigenvalue weighted by Crippen LogP contribution is 2.23. The third kappa shape index (κ3) is 3.50. The molecule has 0 saturated heterocycles. The van der Waals surface area contributed by atoms with Crippen LogP contribution in [0.15, 0.2) is 33.9 Å². The van der Waals surface area contributed by atoms with Crippen LogP contribution in [0.4, 0.5) is 5.95 Å². The highest BCUT2D eigenvalue weighted by atomic mass is 35.5. The number of benzene rings is 1. The van der Waals surface area contributed by atoms with Crippen LogP contribution in [0.3, 0.4) is 0 Å². The lowest BCUT2D eigenvalue weighted by molar-refractivity contribution is 0.0937. The quantitative estimate of drug-likeness (QED) is 0.642. The fraction of sp³-hybridized carbons (Fsp3) is 0.389. The van der Waals surface area contributed by atoms with Gasteiger partial charge >= 0.3 is 5.69 Å². The molecule has 0 aliphatic carbocycles. The van der Waals surface area contributed by atoms with Crippen molar-refractivity contribution in [1.82, 2.24) is 18.7 Å². The number of aromatic nitrogens is 4. The third-order valence-electron chi connectivity index (χ3n) is 4.39. The van der Waals surface area contributed by atoms with E-state index >= 15 is 0 Å². The highest BCUT2D eigenvalue weighted by molar-refractivity contribution is 6.32. The van der Waals surface area contributed by atoms with E-state index in [0.29, 0.717) is 16.7 Å². The van der Waals surface area contributed by atoms with Crippen molar-refractivity contribution >= 4 is 28.7 Å². The van der Waals surface area contributed by atoms with Gasteiger partial charge in [-0.2, -0.15) is 4.98 Å². The Bertz CT molecular complexity index is 1130. The van der Waals surface area contributed by atoms with Crippen molar-refractivity contribution in [3.05, 3.63) is 50.1 Å². The molecule has 3 aromatic rings. The lowest BCUT2D eigenvalue weighted by atomic mass is 10.3. The zero-order valence-electron chi connectivity index (χ0n) is 16.1. The number of hydrogen-bond acceptors (Lipinski definition) is 6. The molecular formula is C18H22ClN5O4.